The Kier molecular flexibility index (Phi) is 3.72. The number of nitrogens with two attached hydrogens (primary N) is 1. The standard InChI is InChI=1S/C16H22N4/c1-2-11-4-3-5-13(8-11)20-16-14-7-6-12(17)9-15(14)18-10-19-16/h6-7,9-11,13H,2-5,8,17H2,1H3,(H,18,19,20). The van der Waals surface area contributed by atoms with E-state index in [4.69, 9.17) is 5.73 Å². The van der Waals surface area contributed by atoms with Crippen LogP contribution in [-0.2, 0) is 0 Å². The lowest BCUT2D eigenvalue weighted by atomic mass is 9.84. The lowest BCUT2D eigenvalue weighted by Gasteiger charge is -2.29. The molecule has 0 saturated heterocycles. The molecule has 0 aliphatic heterocycles. The maximum Gasteiger partial charge on any atom is 0.137 e. The van der Waals surface area contributed by atoms with Gasteiger partial charge in [-0.2, -0.15) is 0 Å². The number of nitrogens with zero attached hydrogens (tertiary/aromatic N) is 2. The van der Waals surface area contributed by atoms with Crippen LogP contribution in [0.15, 0.2) is 24.5 Å². The highest BCUT2D eigenvalue weighted by atomic mass is 15.0. The van der Waals surface area contributed by atoms with Gasteiger partial charge in [0.1, 0.15) is 12.1 Å². The minimum atomic E-state index is 0.532. The predicted molar refractivity (Wildman–Crippen MR) is 83.6 cm³/mol. The molecule has 1 saturated carbocycles. The second-order valence-corrected chi connectivity index (χ2v) is 5.78. The molecule has 20 heavy (non-hydrogen) atoms. The smallest absolute Gasteiger partial charge is 0.137 e. The van der Waals surface area contributed by atoms with Crippen molar-refractivity contribution in [2.24, 2.45) is 5.92 Å². The zero-order chi connectivity index (χ0) is 13.9. The van der Waals surface area contributed by atoms with E-state index in [-0.39, 0.29) is 0 Å². The number of aromatic nitrogens is 2. The first kappa shape index (κ1) is 13.2. The third kappa shape index (κ3) is 2.69. The van der Waals surface area contributed by atoms with E-state index >= 15 is 0 Å². The van der Waals surface area contributed by atoms with Crippen LogP contribution in [0.4, 0.5) is 11.5 Å². The van der Waals surface area contributed by atoms with Crippen LogP contribution in [0.1, 0.15) is 39.0 Å². The molecule has 1 aliphatic carbocycles. The van der Waals surface area contributed by atoms with Crippen LogP contribution in [0.25, 0.3) is 10.9 Å². The summed E-state index contributed by atoms with van der Waals surface area (Å²) in [4.78, 5) is 8.71. The molecular formula is C16H22N4. The quantitative estimate of drug-likeness (QED) is 0.837. The van der Waals surface area contributed by atoms with Gasteiger partial charge in [0.05, 0.1) is 5.52 Å². The van der Waals surface area contributed by atoms with Crippen molar-refractivity contribution in [1.29, 1.82) is 0 Å². The third-order valence-corrected chi connectivity index (χ3v) is 4.36. The van der Waals surface area contributed by atoms with Crippen molar-refractivity contribution in [2.45, 2.75) is 45.1 Å². The monoisotopic (exact) mass is 270 g/mol. The molecule has 4 nitrogen and oxygen atoms in total. The van der Waals surface area contributed by atoms with Crippen molar-refractivity contribution < 1.29 is 0 Å². The number of fused-ring (bicyclic) bond motifs is 1. The summed E-state index contributed by atoms with van der Waals surface area (Å²) in [5.41, 5.74) is 7.46. The normalized spacial score (nSPS) is 22.9. The van der Waals surface area contributed by atoms with E-state index in [1.165, 1.54) is 32.1 Å². The van der Waals surface area contributed by atoms with E-state index in [1.807, 2.05) is 18.2 Å². The SMILES string of the molecule is CCC1CCCC(Nc2ncnc3cc(N)ccc23)C1. The topological polar surface area (TPSA) is 63.8 Å². The van der Waals surface area contributed by atoms with E-state index in [1.54, 1.807) is 6.33 Å². The Morgan fingerprint density at radius 3 is 3.05 bits per heavy atom. The first-order chi connectivity index (χ1) is 9.76. The van der Waals surface area contributed by atoms with E-state index in [0.29, 0.717) is 6.04 Å². The number of hydrogen-bond acceptors (Lipinski definition) is 4. The minimum Gasteiger partial charge on any atom is -0.399 e. The van der Waals surface area contributed by atoms with Crippen molar-refractivity contribution in [3.05, 3.63) is 24.5 Å². The van der Waals surface area contributed by atoms with Crippen LogP contribution in [0, 0.1) is 5.92 Å². The number of nitrogen functional groups attached to an aromatic ring is 1. The van der Waals surface area contributed by atoms with Crippen molar-refractivity contribution >= 4 is 22.4 Å². The average molecular weight is 270 g/mol. The second kappa shape index (κ2) is 5.65. The van der Waals surface area contributed by atoms with Gasteiger partial charge in [-0.15, -0.1) is 0 Å². The van der Waals surface area contributed by atoms with E-state index < -0.39 is 0 Å². The molecule has 1 aliphatic rings. The van der Waals surface area contributed by atoms with Crippen LogP contribution in [-0.4, -0.2) is 16.0 Å². The maximum absolute atomic E-state index is 5.81. The molecule has 2 atom stereocenters. The predicted octanol–water partition coefficient (Wildman–Crippen LogP) is 3.59. The number of rotatable bonds is 3. The van der Waals surface area contributed by atoms with Gasteiger partial charge in [-0.25, -0.2) is 9.97 Å². The molecule has 1 aromatic carbocycles. The van der Waals surface area contributed by atoms with Crippen LogP contribution in [0.2, 0.25) is 0 Å². The Hall–Kier alpha value is -1.84. The lowest BCUT2D eigenvalue weighted by molar-refractivity contribution is 0.327. The van der Waals surface area contributed by atoms with Crippen molar-refractivity contribution in [1.82, 2.24) is 9.97 Å². The van der Waals surface area contributed by atoms with Gasteiger partial charge >= 0.3 is 0 Å². The average Bonchev–Trinajstić information content (AvgIpc) is 2.47. The summed E-state index contributed by atoms with van der Waals surface area (Å²) in [6.45, 7) is 2.29. The number of hydrogen-bond donors (Lipinski definition) is 2. The Morgan fingerprint density at radius 1 is 1.30 bits per heavy atom. The molecule has 2 unspecified atom stereocenters. The molecular weight excluding hydrogens is 248 g/mol. The van der Waals surface area contributed by atoms with Crippen LogP contribution in [0.3, 0.4) is 0 Å². The Labute approximate surface area is 119 Å². The molecule has 1 aromatic heterocycles. The molecule has 1 heterocycles. The minimum absolute atomic E-state index is 0.532. The molecule has 0 spiro atoms. The summed E-state index contributed by atoms with van der Waals surface area (Å²) in [7, 11) is 0. The Bertz CT molecular complexity index is 596. The van der Waals surface area contributed by atoms with Gasteiger partial charge in [-0.1, -0.05) is 26.2 Å². The van der Waals surface area contributed by atoms with Gasteiger partial charge in [0.25, 0.3) is 0 Å². The molecule has 0 bridgehead atoms. The fraction of sp³-hybridized carbons (Fsp3) is 0.500. The van der Waals surface area contributed by atoms with Gasteiger partial charge in [-0.05, 0) is 37.0 Å². The number of anilines is 2. The largest absolute Gasteiger partial charge is 0.399 e. The van der Waals surface area contributed by atoms with Crippen molar-refractivity contribution in [2.75, 3.05) is 11.1 Å². The molecule has 0 amide bonds. The summed E-state index contributed by atoms with van der Waals surface area (Å²) < 4.78 is 0. The molecule has 0 radical (unpaired) electrons. The second-order valence-electron chi connectivity index (χ2n) is 5.78. The molecule has 2 aromatic rings. The zero-order valence-corrected chi connectivity index (χ0v) is 12.0. The van der Waals surface area contributed by atoms with E-state index in [0.717, 1.165) is 28.3 Å². The molecule has 106 valence electrons. The first-order valence-corrected chi connectivity index (χ1v) is 7.53. The fourth-order valence-corrected chi connectivity index (χ4v) is 3.18. The highest BCUT2D eigenvalue weighted by Gasteiger charge is 2.21. The highest BCUT2D eigenvalue weighted by Crippen LogP contribution is 2.30. The van der Waals surface area contributed by atoms with E-state index in [2.05, 4.69) is 22.2 Å². The van der Waals surface area contributed by atoms with Gasteiger partial charge in [0, 0.05) is 17.1 Å². The number of benzene rings is 1. The zero-order valence-electron chi connectivity index (χ0n) is 12.0. The molecule has 3 N–H and O–H groups in total. The number of nitrogens with one attached hydrogen (secondary N) is 1. The Morgan fingerprint density at radius 2 is 2.20 bits per heavy atom. The highest BCUT2D eigenvalue weighted by molar-refractivity contribution is 5.90. The summed E-state index contributed by atoms with van der Waals surface area (Å²) in [6, 6.07) is 6.35. The third-order valence-electron chi connectivity index (χ3n) is 4.36. The van der Waals surface area contributed by atoms with Gasteiger partial charge in [0.15, 0.2) is 0 Å². The summed E-state index contributed by atoms with van der Waals surface area (Å²) in [6.07, 6.45) is 8.05. The van der Waals surface area contributed by atoms with E-state index in [9.17, 15) is 0 Å². The van der Waals surface area contributed by atoms with Gasteiger partial charge in [0.2, 0.25) is 0 Å². The van der Waals surface area contributed by atoms with Crippen LogP contribution < -0.4 is 11.1 Å². The summed E-state index contributed by atoms with van der Waals surface area (Å²) in [5.74, 6) is 1.79. The van der Waals surface area contributed by atoms with Crippen molar-refractivity contribution in [3.63, 3.8) is 0 Å². The van der Waals surface area contributed by atoms with Gasteiger partial charge in [-0.3, -0.25) is 0 Å². The first-order valence-electron chi connectivity index (χ1n) is 7.53. The molecule has 4 heteroatoms. The van der Waals surface area contributed by atoms with Crippen molar-refractivity contribution in [3.8, 4) is 0 Å². The lowest BCUT2D eigenvalue weighted by Crippen LogP contribution is -2.27. The fourth-order valence-electron chi connectivity index (χ4n) is 3.18. The summed E-state index contributed by atoms with van der Waals surface area (Å²) in [5, 5.41) is 4.67. The van der Waals surface area contributed by atoms with Gasteiger partial charge < -0.3 is 11.1 Å². The Balaban J connectivity index is 1.83. The van der Waals surface area contributed by atoms with Crippen LogP contribution in [0.5, 0.6) is 0 Å². The maximum atomic E-state index is 5.81. The van der Waals surface area contributed by atoms with Crippen LogP contribution >= 0.6 is 0 Å². The molecule has 3 rings (SSSR count). The summed E-state index contributed by atoms with van der Waals surface area (Å²) >= 11 is 0. The molecule has 1 fully saturated rings.